The van der Waals surface area contributed by atoms with E-state index < -0.39 is 5.60 Å². The Bertz CT molecular complexity index is 479. The van der Waals surface area contributed by atoms with Crippen LogP contribution in [0.25, 0.3) is 0 Å². The van der Waals surface area contributed by atoms with Crippen LogP contribution in [0, 0.1) is 11.8 Å². The van der Waals surface area contributed by atoms with Crippen molar-refractivity contribution in [1.82, 2.24) is 4.90 Å². The van der Waals surface area contributed by atoms with Crippen molar-refractivity contribution in [3.8, 4) is 0 Å². The molecule has 3 nitrogen and oxygen atoms in total. The molecule has 0 amide bonds. The summed E-state index contributed by atoms with van der Waals surface area (Å²) in [7, 11) is 0. The summed E-state index contributed by atoms with van der Waals surface area (Å²) in [5.41, 5.74) is 0.238. The van der Waals surface area contributed by atoms with Crippen LogP contribution in [0.15, 0.2) is 30.3 Å². The first-order valence-electron chi connectivity index (χ1n) is 8.37. The number of hydrogen-bond acceptors (Lipinski definition) is 3. The summed E-state index contributed by atoms with van der Waals surface area (Å²) >= 11 is 0. The average molecular weight is 287 g/mol. The summed E-state index contributed by atoms with van der Waals surface area (Å²) in [6, 6.07) is 10.1. The molecule has 2 bridgehead atoms. The van der Waals surface area contributed by atoms with E-state index in [1.165, 1.54) is 25.9 Å². The third kappa shape index (κ3) is 2.63. The Balaban J connectivity index is 1.46. The highest BCUT2D eigenvalue weighted by Gasteiger charge is 2.46. The molecule has 21 heavy (non-hydrogen) atoms. The van der Waals surface area contributed by atoms with Gasteiger partial charge in [0.05, 0.1) is 12.7 Å². The molecule has 2 atom stereocenters. The molecular formula is C18H25NO2. The average Bonchev–Trinajstić information content (AvgIpc) is 3.40. The van der Waals surface area contributed by atoms with Gasteiger partial charge in [-0.1, -0.05) is 30.3 Å². The minimum absolute atomic E-state index is 0.321. The normalized spacial score (nSPS) is 34.6. The van der Waals surface area contributed by atoms with Crippen LogP contribution in [0.1, 0.15) is 31.2 Å². The second kappa shape index (κ2) is 5.38. The Morgan fingerprint density at radius 1 is 1.10 bits per heavy atom. The number of nitrogens with zero attached hydrogens (tertiary/aromatic N) is 1. The van der Waals surface area contributed by atoms with E-state index in [1.54, 1.807) is 0 Å². The van der Waals surface area contributed by atoms with Gasteiger partial charge in [-0.15, -0.1) is 0 Å². The third-order valence-electron chi connectivity index (χ3n) is 5.64. The van der Waals surface area contributed by atoms with Gasteiger partial charge in [-0.25, -0.2) is 0 Å². The minimum Gasteiger partial charge on any atom is -0.382 e. The number of rotatable bonds is 5. The van der Waals surface area contributed by atoms with E-state index in [9.17, 15) is 5.11 Å². The lowest BCUT2D eigenvalue weighted by atomic mass is 9.85. The lowest BCUT2D eigenvalue weighted by Crippen LogP contribution is -2.52. The maximum atomic E-state index is 11.2. The molecule has 5 rings (SSSR count). The zero-order chi connectivity index (χ0) is 14.3. The monoisotopic (exact) mass is 287 g/mol. The van der Waals surface area contributed by atoms with Crippen molar-refractivity contribution in [3.05, 3.63) is 35.9 Å². The summed E-state index contributed by atoms with van der Waals surface area (Å²) < 4.78 is 6.25. The molecule has 1 N–H and O–H groups in total. The quantitative estimate of drug-likeness (QED) is 0.902. The lowest BCUT2D eigenvalue weighted by molar-refractivity contribution is -0.132. The highest BCUT2D eigenvalue weighted by atomic mass is 16.5. The van der Waals surface area contributed by atoms with Gasteiger partial charge in [0.15, 0.2) is 0 Å². The predicted molar refractivity (Wildman–Crippen MR) is 82.0 cm³/mol. The molecule has 114 valence electrons. The first-order chi connectivity index (χ1) is 10.3. The summed E-state index contributed by atoms with van der Waals surface area (Å²) in [4.78, 5) is 2.50. The van der Waals surface area contributed by atoms with Crippen LogP contribution >= 0.6 is 0 Å². The second-order valence-electron chi connectivity index (χ2n) is 7.05. The topological polar surface area (TPSA) is 32.7 Å². The molecular weight excluding hydrogens is 262 g/mol. The predicted octanol–water partition coefficient (Wildman–Crippen LogP) is 2.40. The van der Waals surface area contributed by atoms with Gasteiger partial charge < -0.3 is 14.7 Å². The Morgan fingerprint density at radius 2 is 1.81 bits per heavy atom. The molecule has 0 aromatic heterocycles. The molecule has 1 aromatic rings. The number of ether oxygens (including phenoxy) is 1. The Labute approximate surface area is 126 Å². The lowest BCUT2D eigenvalue weighted by Gasteiger charge is -2.45. The first kappa shape index (κ1) is 13.7. The maximum Gasteiger partial charge on any atom is 0.116 e. The third-order valence-corrected chi connectivity index (χ3v) is 5.64. The number of aliphatic hydroxyl groups is 1. The number of hydrogen-bond donors (Lipinski definition) is 1. The SMILES string of the molecule is O[C@@](CO[C@@H]1CN2CCC1CC2)(c1ccccc1)C1CC1. The molecule has 0 radical (unpaired) electrons. The van der Waals surface area contributed by atoms with E-state index in [0.29, 0.717) is 24.5 Å². The van der Waals surface area contributed by atoms with Crippen molar-refractivity contribution in [2.45, 2.75) is 37.4 Å². The van der Waals surface area contributed by atoms with Crippen LogP contribution in [0.3, 0.4) is 0 Å². The molecule has 3 aliphatic heterocycles. The fourth-order valence-electron chi connectivity index (χ4n) is 4.06. The van der Waals surface area contributed by atoms with Crippen LogP contribution in [-0.2, 0) is 10.3 Å². The van der Waals surface area contributed by atoms with Crippen molar-refractivity contribution < 1.29 is 9.84 Å². The van der Waals surface area contributed by atoms with Gasteiger partial charge in [0, 0.05) is 6.54 Å². The molecule has 3 heterocycles. The summed E-state index contributed by atoms with van der Waals surface area (Å²) in [5.74, 6) is 1.08. The van der Waals surface area contributed by atoms with Gasteiger partial charge in [-0.05, 0) is 56.2 Å². The van der Waals surface area contributed by atoms with Crippen LogP contribution in [0.2, 0.25) is 0 Å². The van der Waals surface area contributed by atoms with E-state index in [0.717, 1.165) is 24.9 Å². The highest BCUT2D eigenvalue weighted by Crippen LogP contribution is 2.46. The van der Waals surface area contributed by atoms with Crippen LogP contribution < -0.4 is 0 Å². The highest BCUT2D eigenvalue weighted by molar-refractivity contribution is 5.25. The summed E-state index contributed by atoms with van der Waals surface area (Å²) in [6.07, 6.45) is 5.08. The summed E-state index contributed by atoms with van der Waals surface area (Å²) in [6.45, 7) is 3.98. The van der Waals surface area contributed by atoms with Gasteiger partial charge in [0.2, 0.25) is 0 Å². The van der Waals surface area contributed by atoms with E-state index in [4.69, 9.17) is 4.74 Å². The largest absolute Gasteiger partial charge is 0.382 e. The number of fused-ring (bicyclic) bond motifs is 3. The molecule has 4 aliphatic rings. The molecule has 1 aromatic carbocycles. The summed E-state index contributed by atoms with van der Waals surface area (Å²) in [5, 5.41) is 11.2. The zero-order valence-electron chi connectivity index (χ0n) is 12.6. The van der Waals surface area contributed by atoms with Crippen LogP contribution in [0.5, 0.6) is 0 Å². The van der Waals surface area contributed by atoms with Crippen LogP contribution in [-0.4, -0.2) is 42.4 Å². The standard InChI is InChI=1S/C18H25NO2/c20-18(16-6-7-16,15-4-2-1-3-5-15)13-21-17-12-19-10-8-14(17)9-11-19/h1-5,14,16-17,20H,6-13H2/t17-,18+/m1/s1. The van der Waals surface area contributed by atoms with Gasteiger partial charge in [-0.2, -0.15) is 0 Å². The van der Waals surface area contributed by atoms with E-state index in [1.807, 2.05) is 30.3 Å². The number of benzene rings is 1. The minimum atomic E-state index is -0.784. The zero-order valence-corrected chi connectivity index (χ0v) is 12.6. The first-order valence-corrected chi connectivity index (χ1v) is 8.37. The smallest absolute Gasteiger partial charge is 0.116 e. The molecule has 4 fully saturated rings. The van der Waals surface area contributed by atoms with Crippen molar-refractivity contribution in [2.24, 2.45) is 11.8 Å². The van der Waals surface area contributed by atoms with Crippen LogP contribution in [0.4, 0.5) is 0 Å². The van der Waals surface area contributed by atoms with E-state index >= 15 is 0 Å². The molecule has 1 aliphatic carbocycles. The van der Waals surface area contributed by atoms with Gasteiger partial charge in [0.25, 0.3) is 0 Å². The molecule has 0 spiro atoms. The van der Waals surface area contributed by atoms with Gasteiger partial charge >= 0.3 is 0 Å². The van der Waals surface area contributed by atoms with Crippen molar-refractivity contribution in [3.63, 3.8) is 0 Å². The Morgan fingerprint density at radius 3 is 2.38 bits per heavy atom. The number of piperidine rings is 3. The van der Waals surface area contributed by atoms with E-state index in [2.05, 4.69) is 4.90 Å². The fraction of sp³-hybridized carbons (Fsp3) is 0.667. The molecule has 3 heteroatoms. The fourth-order valence-corrected chi connectivity index (χ4v) is 4.06. The Hall–Kier alpha value is -0.900. The second-order valence-corrected chi connectivity index (χ2v) is 7.05. The maximum absolute atomic E-state index is 11.2. The van der Waals surface area contributed by atoms with Crippen molar-refractivity contribution in [1.29, 1.82) is 0 Å². The Kier molecular flexibility index (Phi) is 3.52. The molecule has 3 saturated heterocycles. The van der Waals surface area contributed by atoms with Crippen molar-refractivity contribution >= 4 is 0 Å². The van der Waals surface area contributed by atoms with Crippen molar-refractivity contribution in [2.75, 3.05) is 26.2 Å². The van der Waals surface area contributed by atoms with Gasteiger partial charge in [0.1, 0.15) is 5.60 Å². The van der Waals surface area contributed by atoms with E-state index in [-0.39, 0.29) is 0 Å². The molecule has 1 saturated carbocycles. The van der Waals surface area contributed by atoms with Gasteiger partial charge in [-0.3, -0.25) is 0 Å². The molecule has 0 unspecified atom stereocenters.